The Morgan fingerprint density at radius 3 is 2.33 bits per heavy atom. The van der Waals surface area contributed by atoms with Crippen LogP contribution in [0, 0.1) is 20.8 Å². The number of carbonyl (C=O) groups excluding carboxylic acids is 1. The second-order valence-corrected chi connectivity index (χ2v) is 7.21. The van der Waals surface area contributed by atoms with Gasteiger partial charge in [0.1, 0.15) is 5.56 Å². The van der Waals surface area contributed by atoms with Crippen LogP contribution in [0.2, 0.25) is 5.02 Å². The van der Waals surface area contributed by atoms with Crippen LogP contribution in [0.5, 0.6) is 5.88 Å². The van der Waals surface area contributed by atoms with Gasteiger partial charge < -0.3 is 10.4 Å². The van der Waals surface area contributed by atoms with Gasteiger partial charge in [-0.3, -0.25) is 9.78 Å². The fourth-order valence-corrected chi connectivity index (χ4v) is 3.33. The third-order valence-corrected chi connectivity index (χ3v) is 4.64. The highest BCUT2D eigenvalue weighted by Gasteiger charge is 2.17. The minimum absolute atomic E-state index is 0.319. The highest BCUT2D eigenvalue weighted by Crippen LogP contribution is 2.24. The minimum atomic E-state index is -0.862. The van der Waals surface area contributed by atoms with Gasteiger partial charge in [-0.15, -0.1) is 0 Å². The van der Waals surface area contributed by atoms with E-state index in [9.17, 15) is 19.5 Å². The van der Waals surface area contributed by atoms with Crippen LogP contribution in [0.25, 0.3) is 5.69 Å². The van der Waals surface area contributed by atoms with Crippen molar-refractivity contribution in [3.05, 3.63) is 84.5 Å². The second-order valence-electron chi connectivity index (χ2n) is 6.77. The van der Waals surface area contributed by atoms with E-state index in [0.717, 1.165) is 27.5 Å². The lowest BCUT2D eigenvalue weighted by Crippen LogP contribution is -2.32. The lowest BCUT2D eigenvalue weighted by atomic mass is 10.0. The van der Waals surface area contributed by atoms with Gasteiger partial charge in [-0.2, -0.15) is 0 Å². The standard InChI is InChI=1S/C21H19ClN4O4/c1-11-8-12(2)17(13(3)9-11)26-19(28)16(18(27)25-21(26)30)10-23-20(29)24-15-6-4-14(22)5-7-15/h4-10,28H,1-3H3,(H,24,29)(H,25,27,30). The number of urea groups is 1. The molecular weight excluding hydrogens is 408 g/mol. The fraction of sp³-hybridized carbons (Fsp3) is 0.143. The van der Waals surface area contributed by atoms with Gasteiger partial charge in [0.05, 0.1) is 11.9 Å². The Labute approximate surface area is 176 Å². The number of nitrogens with zero attached hydrogens (tertiary/aromatic N) is 2. The third-order valence-electron chi connectivity index (χ3n) is 4.39. The molecule has 154 valence electrons. The van der Waals surface area contributed by atoms with Gasteiger partial charge in [0.15, 0.2) is 0 Å². The first-order chi connectivity index (χ1) is 14.2. The lowest BCUT2D eigenvalue weighted by Gasteiger charge is -2.15. The molecule has 9 heteroatoms. The van der Waals surface area contributed by atoms with E-state index in [1.54, 1.807) is 38.1 Å². The van der Waals surface area contributed by atoms with Crippen LogP contribution in [0.1, 0.15) is 22.3 Å². The average molecular weight is 427 g/mol. The van der Waals surface area contributed by atoms with Crippen molar-refractivity contribution in [2.75, 3.05) is 5.32 Å². The summed E-state index contributed by atoms with van der Waals surface area (Å²) in [6, 6.07) is 9.31. The molecule has 30 heavy (non-hydrogen) atoms. The van der Waals surface area contributed by atoms with Gasteiger partial charge in [-0.1, -0.05) is 29.3 Å². The summed E-state index contributed by atoms with van der Waals surface area (Å²) < 4.78 is 0.990. The molecule has 8 nitrogen and oxygen atoms in total. The molecule has 2 amide bonds. The highest BCUT2D eigenvalue weighted by atomic mass is 35.5. The molecule has 0 saturated carbocycles. The predicted molar refractivity (Wildman–Crippen MR) is 117 cm³/mol. The molecule has 1 heterocycles. The monoisotopic (exact) mass is 426 g/mol. The molecule has 0 unspecified atom stereocenters. The number of rotatable bonds is 3. The van der Waals surface area contributed by atoms with E-state index in [1.807, 2.05) is 19.1 Å². The first-order valence-electron chi connectivity index (χ1n) is 8.94. The number of H-pyrrole nitrogens is 1. The van der Waals surface area contributed by atoms with Gasteiger partial charge in [-0.05, 0) is 56.2 Å². The molecule has 1 aromatic heterocycles. The van der Waals surface area contributed by atoms with Crippen molar-refractivity contribution in [1.29, 1.82) is 0 Å². The van der Waals surface area contributed by atoms with Gasteiger partial charge in [0.2, 0.25) is 5.88 Å². The summed E-state index contributed by atoms with van der Waals surface area (Å²) in [5.74, 6) is -0.609. The number of anilines is 1. The minimum Gasteiger partial charge on any atom is -0.493 e. The number of aromatic nitrogens is 2. The zero-order valence-corrected chi connectivity index (χ0v) is 17.2. The molecule has 3 N–H and O–H groups in total. The number of halogens is 1. The van der Waals surface area contributed by atoms with Crippen molar-refractivity contribution < 1.29 is 9.90 Å². The Morgan fingerprint density at radius 2 is 1.73 bits per heavy atom. The van der Waals surface area contributed by atoms with Crippen molar-refractivity contribution in [2.24, 2.45) is 4.99 Å². The molecule has 0 aliphatic heterocycles. The Bertz CT molecular complexity index is 1250. The maximum Gasteiger partial charge on any atom is 0.345 e. The van der Waals surface area contributed by atoms with Crippen LogP contribution in [0.3, 0.4) is 0 Å². The summed E-state index contributed by atoms with van der Waals surface area (Å²) in [6.45, 7) is 5.50. The molecule has 0 fully saturated rings. The number of nitrogens with one attached hydrogen (secondary N) is 2. The lowest BCUT2D eigenvalue weighted by molar-refractivity contribution is 0.259. The largest absolute Gasteiger partial charge is 0.493 e. The van der Waals surface area contributed by atoms with Gasteiger partial charge in [0.25, 0.3) is 5.56 Å². The maximum atomic E-state index is 12.4. The Kier molecular flexibility index (Phi) is 5.89. The molecule has 2 aromatic carbocycles. The molecule has 0 radical (unpaired) electrons. The first-order valence-corrected chi connectivity index (χ1v) is 9.32. The van der Waals surface area contributed by atoms with Crippen molar-refractivity contribution in [3.63, 3.8) is 0 Å². The number of carbonyl (C=O) groups is 1. The van der Waals surface area contributed by atoms with Crippen LogP contribution in [-0.2, 0) is 0 Å². The first kappa shape index (κ1) is 21.1. The number of aryl methyl sites for hydroxylation is 3. The normalized spacial score (nSPS) is 11.1. The SMILES string of the molecule is Cc1cc(C)c(-n2c(O)c(C=NC(=O)Nc3ccc(Cl)cc3)c(=O)[nH]c2=O)c(C)c1. The molecule has 0 atom stereocenters. The molecule has 0 aliphatic carbocycles. The van der Waals surface area contributed by atoms with Crippen LogP contribution in [0.4, 0.5) is 10.5 Å². The quantitative estimate of drug-likeness (QED) is 0.556. The number of benzene rings is 2. The van der Waals surface area contributed by atoms with Gasteiger partial charge >= 0.3 is 11.7 Å². The average Bonchev–Trinajstić information content (AvgIpc) is 2.65. The third kappa shape index (κ3) is 4.33. The summed E-state index contributed by atoms with van der Waals surface area (Å²) in [5, 5.41) is 13.7. The number of aliphatic imine (C=N–C) groups is 1. The van der Waals surface area contributed by atoms with Crippen molar-refractivity contribution in [3.8, 4) is 11.6 Å². The summed E-state index contributed by atoms with van der Waals surface area (Å²) >= 11 is 5.80. The highest BCUT2D eigenvalue weighted by molar-refractivity contribution is 6.30. The van der Waals surface area contributed by atoms with Crippen molar-refractivity contribution >= 4 is 29.5 Å². The number of hydrogen-bond acceptors (Lipinski definition) is 4. The van der Waals surface area contributed by atoms with E-state index in [0.29, 0.717) is 16.4 Å². The van der Waals surface area contributed by atoms with E-state index in [1.165, 1.54) is 0 Å². The summed E-state index contributed by atoms with van der Waals surface area (Å²) in [6.07, 6.45) is 0.911. The number of aromatic amines is 1. The number of amides is 2. The smallest absolute Gasteiger partial charge is 0.345 e. The Hall–Kier alpha value is -3.65. The predicted octanol–water partition coefficient (Wildman–Crippen LogP) is 3.46. The van der Waals surface area contributed by atoms with Gasteiger partial charge in [-0.25, -0.2) is 19.1 Å². The maximum absolute atomic E-state index is 12.4. The molecule has 3 rings (SSSR count). The molecule has 0 saturated heterocycles. The fourth-order valence-electron chi connectivity index (χ4n) is 3.20. The van der Waals surface area contributed by atoms with Crippen molar-refractivity contribution in [2.45, 2.75) is 20.8 Å². The summed E-state index contributed by atoms with van der Waals surface area (Å²) in [5.41, 5.74) is 1.39. The van der Waals surface area contributed by atoms with Crippen LogP contribution in [-0.4, -0.2) is 26.9 Å². The van der Waals surface area contributed by atoms with E-state index in [4.69, 9.17) is 11.6 Å². The topological polar surface area (TPSA) is 117 Å². The zero-order chi connectivity index (χ0) is 22.0. The zero-order valence-electron chi connectivity index (χ0n) is 16.5. The molecule has 0 bridgehead atoms. The van der Waals surface area contributed by atoms with E-state index < -0.39 is 23.2 Å². The van der Waals surface area contributed by atoms with E-state index >= 15 is 0 Å². The summed E-state index contributed by atoms with van der Waals surface area (Å²) in [7, 11) is 0. The number of aromatic hydroxyl groups is 1. The van der Waals surface area contributed by atoms with Crippen LogP contribution in [0.15, 0.2) is 51.0 Å². The summed E-state index contributed by atoms with van der Waals surface area (Å²) in [4.78, 5) is 42.5. The van der Waals surface area contributed by atoms with Gasteiger partial charge in [0, 0.05) is 10.7 Å². The van der Waals surface area contributed by atoms with E-state index in [-0.39, 0.29) is 5.56 Å². The molecular formula is C21H19ClN4O4. The van der Waals surface area contributed by atoms with Crippen LogP contribution >= 0.6 is 11.6 Å². The molecule has 3 aromatic rings. The Morgan fingerprint density at radius 1 is 1.13 bits per heavy atom. The molecule has 0 aliphatic rings. The van der Waals surface area contributed by atoms with Crippen molar-refractivity contribution in [1.82, 2.24) is 9.55 Å². The van der Waals surface area contributed by atoms with Crippen LogP contribution < -0.4 is 16.6 Å². The van der Waals surface area contributed by atoms with E-state index in [2.05, 4.69) is 15.3 Å². The molecule has 0 spiro atoms. The second kappa shape index (κ2) is 8.38. The number of hydrogen-bond donors (Lipinski definition) is 3. The Balaban J connectivity index is 2.01.